The second-order valence-corrected chi connectivity index (χ2v) is 5.25. The van der Waals surface area contributed by atoms with Crippen molar-refractivity contribution in [3.8, 4) is 0 Å². The molecule has 2 aromatic heterocycles. The van der Waals surface area contributed by atoms with Crippen LogP contribution in [0.2, 0.25) is 0 Å². The summed E-state index contributed by atoms with van der Waals surface area (Å²) in [6, 6.07) is 9.10. The SMILES string of the molecule is CCCCNc1ncnc2c(NC(=O)c3ccccc3)c[nH]c12. The maximum atomic E-state index is 12.3. The molecule has 3 rings (SSSR count). The average Bonchev–Trinajstić information content (AvgIpc) is 3.00. The number of carbonyl (C=O) groups excluding carboxylic acids is 1. The van der Waals surface area contributed by atoms with Crippen molar-refractivity contribution in [2.24, 2.45) is 0 Å². The molecule has 3 aromatic rings. The van der Waals surface area contributed by atoms with Crippen LogP contribution in [0, 0.1) is 0 Å². The average molecular weight is 309 g/mol. The van der Waals surface area contributed by atoms with Gasteiger partial charge in [0, 0.05) is 18.3 Å². The molecular weight excluding hydrogens is 290 g/mol. The molecule has 0 aliphatic heterocycles. The predicted molar refractivity (Wildman–Crippen MR) is 91.7 cm³/mol. The summed E-state index contributed by atoms with van der Waals surface area (Å²) in [4.78, 5) is 23.9. The lowest BCUT2D eigenvalue weighted by Crippen LogP contribution is -2.11. The van der Waals surface area contributed by atoms with E-state index in [1.54, 1.807) is 18.3 Å². The largest absolute Gasteiger partial charge is 0.368 e. The molecule has 1 amide bonds. The Morgan fingerprint density at radius 3 is 2.83 bits per heavy atom. The normalized spacial score (nSPS) is 10.7. The lowest BCUT2D eigenvalue weighted by Gasteiger charge is -2.06. The zero-order chi connectivity index (χ0) is 16.1. The molecule has 3 N–H and O–H groups in total. The maximum Gasteiger partial charge on any atom is 0.255 e. The van der Waals surface area contributed by atoms with Gasteiger partial charge in [0.25, 0.3) is 5.91 Å². The number of aromatic amines is 1. The number of H-pyrrole nitrogens is 1. The van der Waals surface area contributed by atoms with Gasteiger partial charge in [0.2, 0.25) is 0 Å². The number of nitrogens with one attached hydrogen (secondary N) is 3. The highest BCUT2D eigenvalue weighted by Crippen LogP contribution is 2.25. The van der Waals surface area contributed by atoms with Crippen molar-refractivity contribution in [1.82, 2.24) is 15.0 Å². The fourth-order valence-electron chi connectivity index (χ4n) is 2.34. The van der Waals surface area contributed by atoms with Gasteiger partial charge in [0.1, 0.15) is 17.4 Å². The van der Waals surface area contributed by atoms with Gasteiger partial charge in [-0.05, 0) is 18.6 Å². The highest BCUT2D eigenvalue weighted by atomic mass is 16.1. The predicted octanol–water partition coefficient (Wildman–Crippen LogP) is 3.42. The van der Waals surface area contributed by atoms with Crippen LogP contribution < -0.4 is 10.6 Å². The lowest BCUT2D eigenvalue weighted by molar-refractivity contribution is 0.102. The standard InChI is InChI=1S/C17H19N5O/c1-2-3-9-18-16-15-14(20-11-21-16)13(10-19-15)22-17(23)12-7-5-4-6-8-12/h4-8,10-11,19H,2-3,9H2,1H3,(H,22,23)(H,18,20,21). The van der Waals surface area contributed by atoms with Crippen molar-refractivity contribution in [2.75, 3.05) is 17.2 Å². The minimum Gasteiger partial charge on any atom is -0.368 e. The molecule has 0 unspecified atom stereocenters. The van der Waals surface area contributed by atoms with Gasteiger partial charge in [0.15, 0.2) is 5.82 Å². The van der Waals surface area contributed by atoms with Gasteiger partial charge in [-0.15, -0.1) is 0 Å². The molecular formula is C17H19N5O. The summed E-state index contributed by atoms with van der Waals surface area (Å²) in [5.74, 6) is 0.592. The second kappa shape index (κ2) is 6.91. The first-order valence-corrected chi connectivity index (χ1v) is 7.72. The molecule has 6 heteroatoms. The number of carbonyl (C=O) groups is 1. The van der Waals surface area contributed by atoms with Crippen molar-refractivity contribution in [1.29, 1.82) is 0 Å². The van der Waals surface area contributed by atoms with E-state index in [4.69, 9.17) is 0 Å². The topological polar surface area (TPSA) is 82.7 Å². The van der Waals surface area contributed by atoms with E-state index in [1.165, 1.54) is 6.33 Å². The van der Waals surface area contributed by atoms with Crippen molar-refractivity contribution in [3.63, 3.8) is 0 Å². The Balaban J connectivity index is 1.82. The number of unbranched alkanes of at least 4 members (excludes halogenated alkanes) is 1. The van der Waals surface area contributed by atoms with Gasteiger partial charge >= 0.3 is 0 Å². The fourth-order valence-corrected chi connectivity index (χ4v) is 2.34. The van der Waals surface area contributed by atoms with Crippen LogP contribution >= 0.6 is 0 Å². The Hall–Kier alpha value is -2.89. The zero-order valence-electron chi connectivity index (χ0n) is 13.0. The van der Waals surface area contributed by atoms with E-state index in [0.717, 1.165) is 30.7 Å². The molecule has 0 atom stereocenters. The van der Waals surface area contributed by atoms with E-state index >= 15 is 0 Å². The minimum absolute atomic E-state index is 0.161. The van der Waals surface area contributed by atoms with Crippen LogP contribution in [0.3, 0.4) is 0 Å². The second-order valence-electron chi connectivity index (χ2n) is 5.25. The smallest absolute Gasteiger partial charge is 0.255 e. The van der Waals surface area contributed by atoms with Crippen LogP contribution in [0.5, 0.6) is 0 Å². The van der Waals surface area contributed by atoms with Crippen LogP contribution in [0.25, 0.3) is 11.0 Å². The van der Waals surface area contributed by atoms with Gasteiger partial charge < -0.3 is 15.6 Å². The lowest BCUT2D eigenvalue weighted by atomic mass is 10.2. The number of nitrogens with zero attached hydrogens (tertiary/aromatic N) is 2. The van der Waals surface area contributed by atoms with Gasteiger partial charge in [-0.2, -0.15) is 0 Å². The summed E-state index contributed by atoms with van der Waals surface area (Å²) in [6.07, 6.45) is 5.43. The molecule has 0 fully saturated rings. The Kier molecular flexibility index (Phi) is 4.52. The number of rotatable bonds is 6. The Labute approximate surface area is 134 Å². The van der Waals surface area contributed by atoms with E-state index in [0.29, 0.717) is 16.8 Å². The van der Waals surface area contributed by atoms with E-state index in [-0.39, 0.29) is 5.91 Å². The number of amides is 1. The first-order valence-electron chi connectivity index (χ1n) is 7.72. The summed E-state index contributed by atoms with van der Waals surface area (Å²) < 4.78 is 0. The summed E-state index contributed by atoms with van der Waals surface area (Å²) in [7, 11) is 0. The molecule has 0 saturated carbocycles. The van der Waals surface area contributed by atoms with Crippen LogP contribution in [0.4, 0.5) is 11.5 Å². The molecule has 0 bridgehead atoms. The molecule has 0 spiro atoms. The highest BCUT2D eigenvalue weighted by Gasteiger charge is 2.13. The molecule has 1 aromatic carbocycles. The van der Waals surface area contributed by atoms with Crippen LogP contribution in [-0.4, -0.2) is 27.4 Å². The molecule has 0 aliphatic carbocycles. The Morgan fingerprint density at radius 2 is 2.04 bits per heavy atom. The van der Waals surface area contributed by atoms with E-state index in [1.807, 2.05) is 18.2 Å². The first kappa shape index (κ1) is 15.0. The van der Waals surface area contributed by atoms with Crippen LogP contribution in [0.15, 0.2) is 42.9 Å². The Bertz CT molecular complexity index is 797. The molecule has 0 saturated heterocycles. The molecule has 118 valence electrons. The van der Waals surface area contributed by atoms with Crippen molar-refractivity contribution in [3.05, 3.63) is 48.4 Å². The summed E-state index contributed by atoms with van der Waals surface area (Å²) >= 11 is 0. The molecule has 2 heterocycles. The van der Waals surface area contributed by atoms with E-state index in [2.05, 4.69) is 32.5 Å². The molecule has 0 radical (unpaired) electrons. The van der Waals surface area contributed by atoms with Crippen LogP contribution in [0.1, 0.15) is 30.1 Å². The van der Waals surface area contributed by atoms with Gasteiger partial charge in [0.05, 0.1) is 5.69 Å². The number of anilines is 2. The quantitative estimate of drug-likeness (QED) is 0.609. The van der Waals surface area contributed by atoms with Crippen molar-refractivity contribution in [2.45, 2.75) is 19.8 Å². The number of benzene rings is 1. The number of hydrogen-bond donors (Lipinski definition) is 3. The van der Waals surface area contributed by atoms with Crippen molar-refractivity contribution < 1.29 is 4.79 Å². The summed E-state index contributed by atoms with van der Waals surface area (Å²) in [6.45, 7) is 3.00. The molecule has 6 nitrogen and oxygen atoms in total. The maximum absolute atomic E-state index is 12.3. The summed E-state index contributed by atoms with van der Waals surface area (Å²) in [5.41, 5.74) is 2.75. The third-order valence-electron chi connectivity index (χ3n) is 3.57. The fraction of sp³-hybridized carbons (Fsp3) is 0.235. The summed E-state index contributed by atoms with van der Waals surface area (Å²) in [5, 5.41) is 6.18. The molecule has 23 heavy (non-hydrogen) atoms. The molecule has 0 aliphatic rings. The van der Waals surface area contributed by atoms with Gasteiger partial charge in [-0.25, -0.2) is 9.97 Å². The van der Waals surface area contributed by atoms with Gasteiger partial charge in [-0.3, -0.25) is 4.79 Å². The minimum atomic E-state index is -0.161. The first-order chi connectivity index (χ1) is 11.3. The third kappa shape index (κ3) is 3.31. The Morgan fingerprint density at radius 1 is 1.22 bits per heavy atom. The third-order valence-corrected chi connectivity index (χ3v) is 3.57. The van der Waals surface area contributed by atoms with Gasteiger partial charge in [-0.1, -0.05) is 31.5 Å². The van der Waals surface area contributed by atoms with Crippen LogP contribution in [-0.2, 0) is 0 Å². The number of fused-ring (bicyclic) bond motifs is 1. The van der Waals surface area contributed by atoms with E-state index < -0.39 is 0 Å². The van der Waals surface area contributed by atoms with E-state index in [9.17, 15) is 4.79 Å². The number of hydrogen-bond acceptors (Lipinski definition) is 4. The highest BCUT2D eigenvalue weighted by molar-refractivity contribution is 6.09. The monoisotopic (exact) mass is 309 g/mol. The van der Waals surface area contributed by atoms with Crippen molar-refractivity contribution >= 4 is 28.4 Å². The zero-order valence-corrected chi connectivity index (χ0v) is 13.0. The number of aromatic nitrogens is 3.